The van der Waals surface area contributed by atoms with Crippen molar-refractivity contribution in [2.45, 2.75) is 44.9 Å². The molecular formula is C27H26F3N7O4S. The molecule has 0 saturated carbocycles. The zero-order valence-corrected chi connectivity index (χ0v) is 23.2. The molecule has 0 atom stereocenters. The minimum absolute atomic E-state index is 0.105. The lowest BCUT2D eigenvalue weighted by molar-refractivity contribution is -0.275. The molecule has 2 N–H and O–H groups in total. The number of aromatic nitrogens is 5. The van der Waals surface area contributed by atoms with Gasteiger partial charge in [-0.2, -0.15) is 5.10 Å². The lowest BCUT2D eigenvalue weighted by atomic mass is 10.1. The van der Waals surface area contributed by atoms with Crippen LogP contribution in [0.4, 0.5) is 24.1 Å². The summed E-state index contributed by atoms with van der Waals surface area (Å²) in [6.07, 6.45) is -0.341. The molecule has 220 valence electrons. The molecule has 0 bridgehead atoms. The van der Waals surface area contributed by atoms with Crippen molar-refractivity contribution >= 4 is 34.1 Å². The van der Waals surface area contributed by atoms with Crippen LogP contribution in [-0.4, -0.2) is 50.7 Å². The first-order valence-corrected chi connectivity index (χ1v) is 13.6. The van der Waals surface area contributed by atoms with Crippen LogP contribution in [0.15, 0.2) is 54.7 Å². The number of carbonyl (C=O) groups is 2. The molecule has 2 amide bonds. The molecule has 0 aliphatic rings. The monoisotopic (exact) mass is 601 g/mol. The van der Waals surface area contributed by atoms with Crippen molar-refractivity contribution in [1.29, 1.82) is 0 Å². The third-order valence-electron chi connectivity index (χ3n) is 5.66. The fourth-order valence-corrected chi connectivity index (χ4v) is 4.58. The van der Waals surface area contributed by atoms with E-state index in [2.05, 4.69) is 40.7 Å². The summed E-state index contributed by atoms with van der Waals surface area (Å²) in [5.41, 5.74) is 1.70. The Morgan fingerprint density at radius 2 is 1.67 bits per heavy atom. The van der Waals surface area contributed by atoms with Gasteiger partial charge in [0.05, 0.1) is 25.6 Å². The fraction of sp³-hybridized carbons (Fsp3) is 0.296. The van der Waals surface area contributed by atoms with E-state index < -0.39 is 18.0 Å². The second kappa shape index (κ2) is 14.3. The number of nitrogens with zero attached hydrogens (tertiary/aromatic N) is 5. The summed E-state index contributed by atoms with van der Waals surface area (Å²) in [6, 6.07) is 12.6. The first-order chi connectivity index (χ1) is 20.2. The molecule has 15 heteroatoms. The standard InChI is InChI=1S/C27H26F3N7O4S/c1-40-20-11-9-17(14-21(20)41-27(28,29)30)15-23(38)32-22-12-10-18(34-35-22)6-2-3-8-25-36-37-26(42-25)33-24(39)16-19-7-4-5-13-31-19/h4-5,7,9-14H,2-3,6,8,15-16H2,1H3,(H,32,35,38)(H,33,37,39). The van der Waals surface area contributed by atoms with E-state index in [0.717, 1.165) is 29.6 Å². The Morgan fingerprint density at radius 3 is 2.38 bits per heavy atom. The van der Waals surface area contributed by atoms with Crippen LogP contribution >= 0.6 is 11.3 Å². The predicted octanol–water partition coefficient (Wildman–Crippen LogP) is 4.56. The SMILES string of the molecule is COc1ccc(CC(=O)Nc2ccc(CCCCc3nnc(NC(=O)Cc4ccccn4)s3)nn2)cc1OC(F)(F)F. The second-order valence-corrected chi connectivity index (χ2v) is 9.98. The third kappa shape index (κ3) is 9.76. The van der Waals surface area contributed by atoms with Gasteiger partial charge in [-0.3, -0.25) is 14.6 Å². The summed E-state index contributed by atoms with van der Waals surface area (Å²) in [4.78, 5) is 28.7. The first kappa shape index (κ1) is 30.3. The van der Waals surface area contributed by atoms with Gasteiger partial charge in [-0.25, -0.2) is 0 Å². The fourth-order valence-electron chi connectivity index (χ4n) is 3.79. The van der Waals surface area contributed by atoms with Crippen LogP contribution < -0.4 is 20.1 Å². The number of alkyl halides is 3. The van der Waals surface area contributed by atoms with Crippen LogP contribution in [0.1, 0.15) is 34.8 Å². The Hall–Kier alpha value is -4.66. The van der Waals surface area contributed by atoms with E-state index in [4.69, 9.17) is 4.74 Å². The first-order valence-electron chi connectivity index (χ1n) is 12.7. The summed E-state index contributed by atoms with van der Waals surface area (Å²) in [7, 11) is 1.22. The topological polar surface area (TPSA) is 141 Å². The maximum absolute atomic E-state index is 12.7. The Kier molecular flexibility index (Phi) is 10.3. The smallest absolute Gasteiger partial charge is 0.493 e. The van der Waals surface area contributed by atoms with Crippen molar-refractivity contribution in [3.05, 3.63) is 76.7 Å². The number of hydrogen-bond acceptors (Lipinski definition) is 10. The molecule has 1 aromatic carbocycles. The maximum Gasteiger partial charge on any atom is 0.573 e. The van der Waals surface area contributed by atoms with Crippen molar-refractivity contribution in [2.24, 2.45) is 0 Å². The van der Waals surface area contributed by atoms with Crippen LogP contribution in [0, 0.1) is 0 Å². The number of carbonyl (C=O) groups excluding carboxylic acids is 2. The highest BCUT2D eigenvalue weighted by Gasteiger charge is 2.32. The Labute approximate surface area is 242 Å². The molecule has 0 spiro atoms. The number of halogens is 3. The van der Waals surface area contributed by atoms with Gasteiger partial charge >= 0.3 is 6.36 Å². The van der Waals surface area contributed by atoms with Crippen molar-refractivity contribution in [3.8, 4) is 11.5 Å². The summed E-state index contributed by atoms with van der Waals surface area (Å²) >= 11 is 1.32. The van der Waals surface area contributed by atoms with E-state index in [1.54, 1.807) is 30.5 Å². The number of methoxy groups -OCH3 is 1. The molecule has 4 rings (SSSR count). The number of unbranched alkanes of at least 4 members (excludes halogenated alkanes) is 1. The minimum Gasteiger partial charge on any atom is -0.493 e. The molecule has 0 fully saturated rings. The summed E-state index contributed by atoms with van der Waals surface area (Å²) < 4.78 is 46.8. The quantitative estimate of drug-likeness (QED) is 0.211. The number of amides is 2. The number of nitrogens with one attached hydrogen (secondary N) is 2. The van der Waals surface area contributed by atoms with E-state index in [-0.39, 0.29) is 30.3 Å². The maximum atomic E-state index is 12.7. The molecular weight excluding hydrogens is 575 g/mol. The lowest BCUT2D eigenvalue weighted by Gasteiger charge is -2.13. The van der Waals surface area contributed by atoms with Gasteiger partial charge in [0.1, 0.15) is 5.01 Å². The summed E-state index contributed by atoms with van der Waals surface area (Å²) in [5, 5.41) is 22.9. The number of pyridine rings is 1. The molecule has 3 aromatic heterocycles. The third-order valence-corrected chi connectivity index (χ3v) is 6.56. The highest BCUT2D eigenvalue weighted by Crippen LogP contribution is 2.33. The van der Waals surface area contributed by atoms with Crippen molar-refractivity contribution in [1.82, 2.24) is 25.4 Å². The van der Waals surface area contributed by atoms with E-state index in [1.165, 1.54) is 30.6 Å². The number of hydrogen-bond donors (Lipinski definition) is 2. The van der Waals surface area contributed by atoms with Crippen LogP contribution in [0.5, 0.6) is 11.5 Å². The average Bonchev–Trinajstić information content (AvgIpc) is 3.38. The number of anilines is 2. The largest absolute Gasteiger partial charge is 0.573 e. The Bertz CT molecular complexity index is 1490. The zero-order valence-electron chi connectivity index (χ0n) is 22.3. The second-order valence-electron chi connectivity index (χ2n) is 8.92. The predicted molar refractivity (Wildman–Crippen MR) is 147 cm³/mol. The lowest BCUT2D eigenvalue weighted by Crippen LogP contribution is -2.18. The number of aryl methyl sites for hydroxylation is 2. The van der Waals surface area contributed by atoms with Gasteiger partial charge in [-0.1, -0.05) is 23.5 Å². The molecule has 0 aliphatic carbocycles. The molecule has 3 heterocycles. The number of benzene rings is 1. The summed E-state index contributed by atoms with van der Waals surface area (Å²) in [5.74, 6) is -1.11. The van der Waals surface area contributed by atoms with Gasteiger partial charge in [0.2, 0.25) is 16.9 Å². The normalized spacial score (nSPS) is 11.1. The molecule has 4 aromatic rings. The van der Waals surface area contributed by atoms with Gasteiger partial charge in [-0.05, 0) is 61.2 Å². The molecule has 11 nitrogen and oxygen atoms in total. The van der Waals surface area contributed by atoms with Crippen LogP contribution in [0.25, 0.3) is 0 Å². The van der Waals surface area contributed by atoms with Crippen LogP contribution in [0.3, 0.4) is 0 Å². The van der Waals surface area contributed by atoms with Gasteiger partial charge < -0.3 is 20.1 Å². The molecule has 0 saturated heterocycles. The van der Waals surface area contributed by atoms with Crippen molar-refractivity contribution < 1.29 is 32.2 Å². The Balaban J connectivity index is 1.18. The van der Waals surface area contributed by atoms with Gasteiger partial charge in [0.25, 0.3) is 0 Å². The molecule has 42 heavy (non-hydrogen) atoms. The highest BCUT2D eigenvalue weighted by molar-refractivity contribution is 7.15. The average molecular weight is 602 g/mol. The number of ether oxygens (including phenoxy) is 2. The molecule has 0 unspecified atom stereocenters. The van der Waals surface area contributed by atoms with E-state index in [9.17, 15) is 22.8 Å². The molecule has 0 radical (unpaired) electrons. The summed E-state index contributed by atoms with van der Waals surface area (Å²) in [6.45, 7) is 0. The minimum atomic E-state index is -4.90. The zero-order chi connectivity index (χ0) is 30.0. The van der Waals surface area contributed by atoms with Gasteiger partial charge in [-0.15, -0.1) is 28.5 Å². The van der Waals surface area contributed by atoms with Crippen LogP contribution in [-0.2, 0) is 35.3 Å². The van der Waals surface area contributed by atoms with Crippen LogP contribution in [0.2, 0.25) is 0 Å². The number of rotatable bonds is 13. The highest BCUT2D eigenvalue weighted by atomic mass is 32.1. The van der Waals surface area contributed by atoms with Crippen molar-refractivity contribution in [2.75, 3.05) is 17.7 Å². The van der Waals surface area contributed by atoms with Gasteiger partial charge in [0.15, 0.2) is 17.3 Å². The Morgan fingerprint density at radius 1 is 0.857 bits per heavy atom. The molecule has 0 aliphatic heterocycles. The van der Waals surface area contributed by atoms with Gasteiger partial charge in [0, 0.05) is 18.3 Å². The van der Waals surface area contributed by atoms with E-state index in [0.29, 0.717) is 29.2 Å². The van der Waals surface area contributed by atoms with E-state index in [1.807, 2.05) is 6.07 Å². The van der Waals surface area contributed by atoms with Crippen molar-refractivity contribution in [3.63, 3.8) is 0 Å². The van der Waals surface area contributed by atoms with E-state index >= 15 is 0 Å².